The lowest BCUT2D eigenvalue weighted by Crippen LogP contribution is -2.26. The van der Waals surface area contributed by atoms with Crippen molar-refractivity contribution in [1.29, 1.82) is 0 Å². The number of anilines is 1. The molecule has 2 aromatic carbocycles. The second kappa shape index (κ2) is 7.70. The first-order chi connectivity index (χ1) is 14.0. The molecular weight excluding hydrogens is 366 g/mol. The number of amides is 1. The molecule has 1 aliphatic heterocycles. The third-order valence-electron chi connectivity index (χ3n) is 5.48. The SMILES string of the molecule is CCOC(=O)Cn1c(C2CC(=O)N(c3c(C)cccc3C)C2)nc2ccccc21. The van der Waals surface area contributed by atoms with Gasteiger partial charge in [-0.3, -0.25) is 9.59 Å². The highest BCUT2D eigenvalue weighted by Crippen LogP contribution is 2.35. The van der Waals surface area contributed by atoms with Crippen LogP contribution in [-0.2, 0) is 20.9 Å². The molecule has 1 atom stereocenters. The van der Waals surface area contributed by atoms with Crippen LogP contribution in [0.25, 0.3) is 11.0 Å². The Bertz CT molecular complexity index is 1070. The van der Waals surface area contributed by atoms with Crippen molar-refractivity contribution in [2.75, 3.05) is 18.1 Å². The zero-order valence-electron chi connectivity index (χ0n) is 17.0. The molecule has 0 aliphatic carbocycles. The lowest BCUT2D eigenvalue weighted by atomic mass is 10.1. The van der Waals surface area contributed by atoms with E-state index < -0.39 is 0 Å². The first-order valence-electron chi connectivity index (χ1n) is 9.97. The van der Waals surface area contributed by atoms with E-state index in [9.17, 15) is 9.59 Å². The Morgan fingerprint density at radius 1 is 1.14 bits per heavy atom. The second-order valence-electron chi connectivity index (χ2n) is 7.50. The Labute approximate surface area is 170 Å². The van der Waals surface area contributed by atoms with Crippen molar-refractivity contribution in [1.82, 2.24) is 9.55 Å². The molecule has 29 heavy (non-hydrogen) atoms. The minimum Gasteiger partial charge on any atom is -0.465 e. The van der Waals surface area contributed by atoms with Gasteiger partial charge < -0.3 is 14.2 Å². The molecule has 1 unspecified atom stereocenters. The Morgan fingerprint density at radius 3 is 2.59 bits per heavy atom. The molecule has 6 nitrogen and oxygen atoms in total. The van der Waals surface area contributed by atoms with Crippen LogP contribution in [0, 0.1) is 13.8 Å². The summed E-state index contributed by atoms with van der Waals surface area (Å²) >= 11 is 0. The number of carbonyl (C=O) groups excluding carboxylic acids is 2. The Morgan fingerprint density at radius 2 is 1.86 bits per heavy atom. The van der Waals surface area contributed by atoms with E-state index in [4.69, 9.17) is 9.72 Å². The van der Waals surface area contributed by atoms with E-state index in [-0.39, 0.29) is 24.3 Å². The summed E-state index contributed by atoms with van der Waals surface area (Å²) in [4.78, 5) is 31.8. The van der Waals surface area contributed by atoms with Crippen LogP contribution in [0.5, 0.6) is 0 Å². The molecular formula is C23H25N3O3. The standard InChI is InChI=1S/C23H25N3O3/c1-4-29-21(28)14-25-19-11-6-5-10-18(19)24-23(25)17-12-20(27)26(13-17)22-15(2)8-7-9-16(22)3/h5-11,17H,4,12-14H2,1-3H3. The van der Waals surface area contributed by atoms with Gasteiger partial charge in [0.15, 0.2) is 0 Å². The van der Waals surface area contributed by atoms with Crippen molar-refractivity contribution in [3.8, 4) is 0 Å². The zero-order chi connectivity index (χ0) is 20.5. The van der Waals surface area contributed by atoms with E-state index in [1.165, 1.54) is 0 Å². The van der Waals surface area contributed by atoms with E-state index in [2.05, 4.69) is 0 Å². The summed E-state index contributed by atoms with van der Waals surface area (Å²) < 4.78 is 7.06. The number of hydrogen-bond acceptors (Lipinski definition) is 4. The molecule has 150 valence electrons. The summed E-state index contributed by atoms with van der Waals surface area (Å²) in [5.74, 6) is 0.472. The maximum absolute atomic E-state index is 12.9. The molecule has 0 spiro atoms. The van der Waals surface area contributed by atoms with Crippen LogP contribution in [0.1, 0.15) is 36.2 Å². The molecule has 2 heterocycles. The highest BCUT2D eigenvalue weighted by Gasteiger charge is 2.36. The second-order valence-corrected chi connectivity index (χ2v) is 7.50. The largest absolute Gasteiger partial charge is 0.465 e. The van der Waals surface area contributed by atoms with Crippen LogP contribution in [0.2, 0.25) is 0 Å². The van der Waals surface area contributed by atoms with Crippen LogP contribution in [0.3, 0.4) is 0 Å². The predicted molar refractivity (Wildman–Crippen MR) is 112 cm³/mol. The van der Waals surface area contributed by atoms with E-state index in [1.807, 2.05) is 65.8 Å². The van der Waals surface area contributed by atoms with Crippen LogP contribution in [0.15, 0.2) is 42.5 Å². The number of aromatic nitrogens is 2. The lowest BCUT2D eigenvalue weighted by molar-refractivity contribution is -0.143. The monoisotopic (exact) mass is 391 g/mol. The molecule has 3 aromatic rings. The van der Waals surface area contributed by atoms with Crippen molar-refractivity contribution in [3.63, 3.8) is 0 Å². The van der Waals surface area contributed by atoms with Crippen LogP contribution >= 0.6 is 0 Å². The smallest absolute Gasteiger partial charge is 0.326 e. The molecule has 1 aliphatic rings. The van der Waals surface area contributed by atoms with Crippen molar-refractivity contribution in [2.24, 2.45) is 0 Å². The fourth-order valence-corrected chi connectivity index (χ4v) is 4.24. The summed E-state index contributed by atoms with van der Waals surface area (Å²) in [6, 6.07) is 13.8. The minimum atomic E-state index is -0.298. The number of nitrogens with zero attached hydrogens (tertiary/aromatic N) is 3. The molecule has 0 N–H and O–H groups in total. The molecule has 1 fully saturated rings. The van der Waals surface area contributed by atoms with E-state index in [0.29, 0.717) is 19.6 Å². The van der Waals surface area contributed by atoms with E-state index in [1.54, 1.807) is 6.92 Å². The van der Waals surface area contributed by atoms with Gasteiger partial charge in [0.05, 0.1) is 17.6 Å². The predicted octanol–water partition coefficient (Wildman–Crippen LogP) is 3.74. The number of hydrogen-bond donors (Lipinski definition) is 0. The Kier molecular flexibility index (Phi) is 5.09. The Balaban J connectivity index is 1.72. The zero-order valence-corrected chi connectivity index (χ0v) is 17.0. The van der Waals surface area contributed by atoms with Crippen LogP contribution in [0.4, 0.5) is 5.69 Å². The highest BCUT2D eigenvalue weighted by atomic mass is 16.5. The topological polar surface area (TPSA) is 64.4 Å². The van der Waals surface area contributed by atoms with Gasteiger partial charge in [-0.15, -0.1) is 0 Å². The molecule has 1 aromatic heterocycles. The fourth-order valence-electron chi connectivity index (χ4n) is 4.24. The summed E-state index contributed by atoms with van der Waals surface area (Å²) in [6.45, 7) is 6.83. The van der Waals surface area contributed by atoms with Crippen molar-refractivity contribution >= 4 is 28.6 Å². The summed E-state index contributed by atoms with van der Waals surface area (Å²) in [5, 5.41) is 0. The first kappa shape index (κ1) is 19.2. The minimum absolute atomic E-state index is 0.0802. The number of imidazole rings is 1. The number of esters is 1. The van der Waals surface area contributed by atoms with Gasteiger partial charge in [-0.25, -0.2) is 4.98 Å². The van der Waals surface area contributed by atoms with Crippen LogP contribution < -0.4 is 4.90 Å². The maximum atomic E-state index is 12.9. The number of benzene rings is 2. The van der Waals surface area contributed by atoms with Crippen LogP contribution in [-0.4, -0.2) is 34.6 Å². The van der Waals surface area contributed by atoms with Gasteiger partial charge in [0, 0.05) is 24.6 Å². The summed E-state index contributed by atoms with van der Waals surface area (Å²) in [7, 11) is 0. The third kappa shape index (κ3) is 3.50. The first-order valence-corrected chi connectivity index (χ1v) is 9.97. The van der Waals surface area contributed by atoms with Gasteiger partial charge in [-0.1, -0.05) is 30.3 Å². The number of carbonyl (C=O) groups is 2. The average Bonchev–Trinajstić information content (AvgIpc) is 3.23. The maximum Gasteiger partial charge on any atom is 0.326 e. The van der Waals surface area contributed by atoms with Gasteiger partial charge >= 0.3 is 5.97 Å². The molecule has 4 rings (SSSR count). The summed E-state index contributed by atoms with van der Waals surface area (Å²) in [6.07, 6.45) is 0.375. The van der Waals surface area contributed by atoms with Crippen molar-refractivity contribution in [2.45, 2.75) is 39.7 Å². The molecule has 6 heteroatoms. The molecule has 1 amide bonds. The van der Waals surface area contributed by atoms with Crippen molar-refractivity contribution in [3.05, 3.63) is 59.4 Å². The van der Waals surface area contributed by atoms with Gasteiger partial charge in [-0.2, -0.15) is 0 Å². The lowest BCUT2D eigenvalue weighted by Gasteiger charge is -2.21. The van der Waals surface area contributed by atoms with Gasteiger partial charge in [-0.05, 0) is 44.0 Å². The number of aryl methyl sites for hydroxylation is 2. The number of para-hydroxylation sites is 3. The normalized spacial score (nSPS) is 16.6. The molecule has 1 saturated heterocycles. The fraction of sp³-hybridized carbons (Fsp3) is 0.348. The number of ether oxygens (including phenoxy) is 1. The number of rotatable bonds is 5. The average molecular weight is 391 g/mol. The summed E-state index contributed by atoms with van der Waals surface area (Å²) in [5.41, 5.74) is 4.85. The molecule has 0 bridgehead atoms. The quantitative estimate of drug-likeness (QED) is 0.622. The van der Waals surface area contributed by atoms with Crippen molar-refractivity contribution < 1.29 is 14.3 Å². The highest BCUT2D eigenvalue weighted by molar-refractivity contribution is 5.98. The number of fused-ring (bicyclic) bond motifs is 1. The molecule has 0 saturated carbocycles. The van der Waals surface area contributed by atoms with E-state index in [0.717, 1.165) is 33.7 Å². The van der Waals surface area contributed by atoms with E-state index >= 15 is 0 Å². The van der Waals surface area contributed by atoms with Gasteiger partial charge in [0.25, 0.3) is 0 Å². The third-order valence-corrected chi connectivity index (χ3v) is 5.48. The molecule has 0 radical (unpaired) electrons. The van der Waals surface area contributed by atoms with Gasteiger partial charge in [0.2, 0.25) is 5.91 Å². The van der Waals surface area contributed by atoms with Gasteiger partial charge in [0.1, 0.15) is 12.4 Å². The Hall–Kier alpha value is -3.15.